The Balaban J connectivity index is 1.79. The minimum Gasteiger partial charge on any atom is -0.333 e. The number of hydroxylamine groups is 1. The smallest absolute Gasteiger partial charge is 0.284 e. The maximum Gasteiger partial charge on any atom is 0.284 e. The van der Waals surface area contributed by atoms with E-state index in [9.17, 15) is 9.59 Å². The summed E-state index contributed by atoms with van der Waals surface area (Å²) in [6.07, 6.45) is 3.73. The van der Waals surface area contributed by atoms with Gasteiger partial charge in [-0.05, 0) is 25.0 Å². The number of carbonyl (C=O) groups is 2. The fourth-order valence-electron chi connectivity index (χ4n) is 2.34. The molecule has 0 spiro atoms. The molecule has 0 bridgehead atoms. The van der Waals surface area contributed by atoms with E-state index in [-0.39, 0.29) is 5.91 Å². The zero-order chi connectivity index (χ0) is 15.7. The maximum absolute atomic E-state index is 12.4. The first-order chi connectivity index (χ1) is 10.6. The number of carbonyl (C=O) groups excluding carboxylic acids is 2. The summed E-state index contributed by atoms with van der Waals surface area (Å²) in [4.78, 5) is 35.3. The molecule has 0 radical (unpaired) electrons. The van der Waals surface area contributed by atoms with E-state index in [0.29, 0.717) is 30.1 Å². The molecule has 0 aliphatic carbocycles. The van der Waals surface area contributed by atoms with Crippen molar-refractivity contribution < 1.29 is 14.8 Å². The molecule has 2 aromatic heterocycles. The van der Waals surface area contributed by atoms with E-state index in [1.54, 1.807) is 22.6 Å². The van der Waals surface area contributed by atoms with Gasteiger partial charge in [-0.3, -0.25) is 19.8 Å². The molecule has 3 rings (SSSR count). The predicted molar refractivity (Wildman–Crippen MR) is 78.8 cm³/mol. The van der Waals surface area contributed by atoms with Crippen molar-refractivity contribution in [1.82, 2.24) is 20.3 Å². The van der Waals surface area contributed by atoms with Crippen molar-refractivity contribution in [2.75, 3.05) is 6.54 Å². The van der Waals surface area contributed by atoms with Crippen LogP contribution < -0.4 is 5.48 Å². The summed E-state index contributed by atoms with van der Waals surface area (Å²) < 4.78 is 0. The Kier molecular flexibility index (Phi) is 3.86. The van der Waals surface area contributed by atoms with Gasteiger partial charge in [-0.1, -0.05) is 0 Å². The normalized spacial score (nSPS) is 13.6. The van der Waals surface area contributed by atoms with Crippen LogP contribution in [-0.2, 0) is 13.0 Å². The van der Waals surface area contributed by atoms with Gasteiger partial charge in [-0.25, -0.2) is 10.5 Å². The van der Waals surface area contributed by atoms with E-state index in [2.05, 4.69) is 9.97 Å². The molecule has 0 saturated heterocycles. The number of rotatable bonds is 2. The van der Waals surface area contributed by atoms with E-state index < -0.39 is 5.91 Å². The summed E-state index contributed by atoms with van der Waals surface area (Å²) in [6.45, 7) is 2.81. The SMILES string of the molecule is Cc1cnc(C(=O)N2CCc3sc(C(=O)NO)cc3C2)cn1. The second kappa shape index (κ2) is 5.82. The van der Waals surface area contributed by atoms with Crippen molar-refractivity contribution in [3.8, 4) is 0 Å². The number of nitrogens with one attached hydrogen (secondary N) is 1. The molecule has 2 aromatic rings. The van der Waals surface area contributed by atoms with Crippen LogP contribution in [0.25, 0.3) is 0 Å². The van der Waals surface area contributed by atoms with E-state index >= 15 is 0 Å². The second-order valence-electron chi connectivity index (χ2n) is 5.02. The van der Waals surface area contributed by atoms with E-state index in [1.807, 2.05) is 6.92 Å². The lowest BCUT2D eigenvalue weighted by molar-refractivity contribution is 0.0710. The standard InChI is InChI=1S/C14H14N4O3S/c1-8-5-16-10(6-15-8)14(20)18-3-2-11-9(7-18)4-12(22-11)13(19)17-21/h4-6,21H,2-3,7H2,1H3,(H,17,19). The van der Waals surface area contributed by atoms with Gasteiger partial charge in [-0.2, -0.15) is 0 Å². The fourth-order valence-corrected chi connectivity index (χ4v) is 3.39. The number of hydrogen-bond donors (Lipinski definition) is 2. The molecule has 0 fully saturated rings. The molecule has 0 aromatic carbocycles. The number of thiophene rings is 1. The van der Waals surface area contributed by atoms with Crippen molar-refractivity contribution in [2.24, 2.45) is 0 Å². The number of aryl methyl sites for hydroxylation is 1. The lowest BCUT2D eigenvalue weighted by atomic mass is 10.1. The fraction of sp³-hybridized carbons (Fsp3) is 0.286. The van der Waals surface area contributed by atoms with Gasteiger partial charge in [0.25, 0.3) is 11.8 Å². The third kappa shape index (κ3) is 2.70. The first-order valence-corrected chi connectivity index (χ1v) is 7.54. The highest BCUT2D eigenvalue weighted by Gasteiger charge is 2.25. The molecule has 22 heavy (non-hydrogen) atoms. The van der Waals surface area contributed by atoms with Gasteiger partial charge < -0.3 is 4.90 Å². The van der Waals surface area contributed by atoms with Crippen LogP contribution >= 0.6 is 11.3 Å². The van der Waals surface area contributed by atoms with Gasteiger partial charge in [0.1, 0.15) is 5.69 Å². The Morgan fingerprint density at radius 3 is 2.86 bits per heavy atom. The zero-order valence-corrected chi connectivity index (χ0v) is 12.7. The number of aromatic nitrogens is 2. The molecule has 2 amide bonds. The summed E-state index contributed by atoms with van der Waals surface area (Å²) in [6, 6.07) is 1.71. The Labute approximate surface area is 130 Å². The molecule has 1 aliphatic rings. The second-order valence-corrected chi connectivity index (χ2v) is 6.16. The first-order valence-electron chi connectivity index (χ1n) is 6.72. The largest absolute Gasteiger partial charge is 0.333 e. The molecule has 7 nitrogen and oxygen atoms in total. The van der Waals surface area contributed by atoms with Crippen LogP contribution in [-0.4, -0.2) is 38.4 Å². The van der Waals surface area contributed by atoms with Crippen LogP contribution in [0.15, 0.2) is 18.5 Å². The van der Waals surface area contributed by atoms with Crippen LogP contribution in [0.2, 0.25) is 0 Å². The zero-order valence-electron chi connectivity index (χ0n) is 11.9. The molecule has 2 N–H and O–H groups in total. The van der Waals surface area contributed by atoms with Crippen molar-refractivity contribution in [2.45, 2.75) is 19.9 Å². The number of amides is 2. The van der Waals surface area contributed by atoms with Gasteiger partial charge in [0.15, 0.2) is 0 Å². The lowest BCUT2D eigenvalue weighted by Gasteiger charge is -2.26. The minimum atomic E-state index is -0.526. The summed E-state index contributed by atoms with van der Waals surface area (Å²) >= 11 is 1.34. The lowest BCUT2D eigenvalue weighted by Crippen LogP contribution is -2.35. The van der Waals surface area contributed by atoms with Gasteiger partial charge >= 0.3 is 0 Å². The van der Waals surface area contributed by atoms with E-state index in [0.717, 1.165) is 16.1 Å². The maximum atomic E-state index is 12.4. The molecule has 3 heterocycles. The number of hydrogen-bond acceptors (Lipinski definition) is 6. The molecule has 0 saturated carbocycles. The average Bonchev–Trinajstić information content (AvgIpc) is 2.97. The highest BCUT2D eigenvalue weighted by molar-refractivity contribution is 7.14. The van der Waals surface area contributed by atoms with Gasteiger partial charge in [-0.15, -0.1) is 11.3 Å². The van der Waals surface area contributed by atoms with Crippen LogP contribution in [0.3, 0.4) is 0 Å². The van der Waals surface area contributed by atoms with Gasteiger partial charge in [0, 0.05) is 24.2 Å². The molecular formula is C14H14N4O3S. The van der Waals surface area contributed by atoms with Crippen molar-refractivity contribution in [3.63, 3.8) is 0 Å². The summed E-state index contributed by atoms with van der Waals surface area (Å²) in [5.74, 6) is -0.695. The summed E-state index contributed by atoms with van der Waals surface area (Å²) in [5, 5.41) is 8.69. The highest BCUT2D eigenvalue weighted by atomic mass is 32.1. The van der Waals surface area contributed by atoms with Gasteiger partial charge in [0.2, 0.25) is 0 Å². The Morgan fingerprint density at radius 2 is 2.18 bits per heavy atom. The predicted octanol–water partition coefficient (Wildman–Crippen LogP) is 1.16. The highest BCUT2D eigenvalue weighted by Crippen LogP contribution is 2.28. The molecular weight excluding hydrogens is 304 g/mol. The average molecular weight is 318 g/mol. The van der Waals surface area contributed by atoms with Crippen molar-refractivity contribution in [1.29, 1.82) is 0 Å². The Bertz CT molecular complexity index is 726. The molecule has 0 atom stereocenters. The van der Waals surface area contributed by atoms with Crippen molar-refractivity contribution in [3.05, 3.63) is 45.2 Å². The monoisotopic (exact) mass is 318 g/mol. The van der Waals surface area contributed by atoms with Crippen LogP contribution in [0.5, 0.6) is 0 Å². The van der Waals surface area contributed by atoms with Crippen molar-refractivity contribution >= 4 is 23.2 Å². The summed E-state index contributed by atoms with van der Waals surface area (Å²) in [5.41, 5.74) is 3.64. The Hall–Kier alpha value is -2.32. The van der Waals surface area contributed by atoms with Crippen LogP contribution in [0, 0.1) is 6.92 Å². The molecule has 1 aliphatic heterocycles. The quantitative estimate of drug-likeness (QED) is 0.640. The van der Waals surface area contributed by atoms with E-state index in [1.165, 1.54) is 17.5 Å². The molecule has 8 heteroatoms. The first kappa shape index (κ1) is 14.6. The third-order valence-electron chi connectivity index (χ3n) is 3.48. The Morgan fingerprint density at radius 1 is 1.36 bits per heavy atom. The number of nitrogens with zero attached hydrogens (tertiary/aromatic N) is 3. The minimum absolute atomic E-state index is 0.169. The van der Waals surface area contributed by atoms with E-state index in [4.69, 9.17) is 5.21 Å². The molecule has 0 unspecified atom stereocenters. The van der Waals surface area contributed by atoms with Crippen LogP contribution in [0.1, 0.15) is 36.3 Å². The topological polar surface area (TPSA) is 95.4 Å². The van der Waals surface area contributed by atoms with Crippen LogP contribution in [0.4, 0.5) is 0 Å². The molecule has 114 valence electrons. The summed E-state index contributed by atoms with van der Waals surface area (Å²) in [7, 11) is 0. The van der Waals surface area contributed by atoms with Gasteiger partial charge in [0.05, 0.1) is 16.8 Å². The number of fused-ring (bicyclic) bond motifs is 1. The third-order valence-corrected chi connectivity index (χ3v) is 4.72.